The van der Waals surface area contributed by atoms with Crippen molar-refractivity contribution in [1.82, 2.24) is 15.5 Å². The summed E-state index contributed by atoms with van der Waals surface area (Å²) >= 11 is 0. The van der Waals surface area contributed by atoms with E-state index in [2.05, 4.69) is 53.1 Å². The van der Waals surface area contributed by atoms with Gasteiger partial charge in [-0.25, -0.2) is 20.2 Å². The molecule has 0 radical (unpaired) electrons. The molecule has 0 amide bonds. The third-order valence-corrected chi connectivity index (χ3v) is 12.2. The van der Waals surface area contributed by atoms with Gasteiger partial charge in [-0.05, 0) is 85.0 Å². The summed E-state index contributed by atoms with van der Waals surface area (Å²) in [6, 6.07) is 4.11. The van der Waals surface area contributed by atoms with E-state index in [0.29, 0.717) is 24.2 Å². The van der Waals surface area contributed by atoms with Crippen molar-refractivity contribution in [3.63, 3.8) is 0 Å². The highest BCUT2D eigenvalue weighted by molar-refractivity contribution is 5.86. The molecule has 6 aliphatic rings. The molecule has 45 heavy (non-hydrogen) atoms. The zero-order valence-electron chi connectivity index (χ0n) is 29.2. The van der Waals surface area contributed by atoms with Gasteiger partial charge < -0.3 is 15.0 Å². The Balaban J connectivity index is 0.898. The minimum absolute atomic E-state index is 0.0190. The zero-order valence-corrected chi connectivity index (χ0v) is 29.2. The van der Waals surface area contributed by atoms with Gasteiger partial charge in [0.05, 0.1) is 24.1 Å². The number of carbonyl (C=O) groups is 1. The molecule has 0 unspecified atom stereocenters. The van der Waals surface area contributed by atoms with E-state index in [4.69, 9.17) is 9.73 Å². The number of ether oxygens (including phenoxy) is 1. The third kappa shape index (κ3) is 7.84. The number of unbranched alkanes of at least 4 members (excludes halogenated alkanes) is 8. The van der Waals surface area contributed by atoms with E-state index in [1.807, 2.05) is 0 Å². The van der Waals surface area contributed by atoms with Crippen LogP contribution in [0.5, 0.6) is 0 Å². The Morgan fingerprint density at radius 1 is 0.911 bits per heavy atom. The van der Waals surface area contributed by atoms with Crippen molar-refractivity contribution in [3.05, 3.63) is 0 Å². The fourth-order valence-electron chi connectivity index (χ4n) is 9.98. The summed E-state index contributed by atoms with van der Waals surface area (Å²) in [5.41, 5.74) is 0. The highest BCUT2D eigenvalue weighted by atomic mass is 16.5. The van der Waals surface area contributed by atoms with Gasteiger partial charge in [-0.15, -0.1) is 0 Å². The summed E-state index contributed by atoms with van der Waals surface area (Å²) < 4.78 is 8.85. The van der Waals surface area contributed by atoms with Crippen LogP contribution in [-0.4, -0.2) is 81.8 Å². The molecule has 0 aromatic carbocycles. The van der Waals surface area contributed by atoms with Crippen LogP contribution in [0, 0.1) is 5.92 Å². The zero-order chi connectivity index (χ0) is 31.3. The van der Waals surface area contributed by atoms with Crippen LogP contribution >= 0.6 is 0 Å². The van der Waals surface area contributed by atoms with Crippen molar-refractivity contribution < 1.29 is 19.4 Å². The smallest absolute Gasteiger partial charge is 0.441 e. The lowest BCUT2D eigenvalue weighted by Crippen LogP contribution is -3.00. The molecule has 3 fully saturated rings. The molecule has 0 bridgehead atoms. The van der Waals surface area contributed by atoms with Gasteiger partial charge in [-0.3, -0.25) is 4.79 Å². The Morgan fingerprint density at radius 2 is 1.60 bits per heavy atom. The van der Waals surface area contributed by atoms with Crippen molar-refractivity contribution in [2.75, 3.05) is 0 Å². The molecule has 6 rings (SSSR count). The van der Waals surface area contributed by atoms with Crippen LogP contribution < -0.4 is 16.0 Å². The molecule has 0 aromatic heterocycles. The van der Waals surface area contributed by atoms with E-state index < -0.39 is 0 Å². The van der Waals surface area contributed by atoms with Crippen molar-refractivity contribution in [2.45, 2.75) is 211 Å². The largest absolute Gasteiger partial charge is 0.462 e. The quantitative estimate of drug-likeness (QED) is 0.125. The average molecular weight is 627 g/mol. The van der Waals surface area contributed by atoms with Crippen LogP contribution in [-0.2, 0) is 9.53 Å². The predicted octanol–water partition coefficient (Wildman–Crippen LogP) is 5.20. The van der Waals surface area contributed by atoms with E-state index >= 15 is 0 Å². The Bertz CT molecular complexity index is 1060. The lowest BCUT2D eigenvalue weighted by Gasteiger charge is -2.47. The van der Waals surface area contributed by atoms with Gasteiger partial charge in [0.1, 0.15) is 18.1 Å². The van der Waals surface area contributed by atoms with Gasteiger partial charge in [0.15, 0.2) is 5.96 Å². The second kappa shape index (κ2) is 15.4. The topological polar surface area (TPSA) is 85.6 Å². The Kier molecular flexibility index (Phi) is 11.3. The number of nitrogens with two attached hydrogens (primary N) is 1. The van der Waals surface area contributed by atoms with Crippen molar-refractivity contribution in [1.29, 1.82) is 0 Å². The monoisotopic (exact) mass is 627 g/mol. The molecule has 10 atom stereocenters. The first-order valence-electron chi connectivity index (χ1n) is 19.5. The molecule has 4 N–H and O–H groups in total. The van der Waals surface area contributed by atoms with Crippen LogP contribution in [0.15, 0.2) is 4.99 Å². The van der Waals surface area contributed by atoms with Crippen LogP contribution in [0.1, 0.15) is 156 Å². The molecule has 3 saturated heterocycles. The Hall–Kier alpha value is -1.83. The predicted molar refractivity (Wildman–Crippen MR) is 181 cm³/mol. The second-order valence-corrected chi connectivity index (χ2v) is 15.9. The summed E-state index contributed by atoms with van der Waals surface area (Å²) in [6.45, 7) is 8.88. The van der Waals surface area contributed by atoms with E-state index in [9.17, 15) is 4.79 Å². The minimum atomic E-state index is -0.147. The van der Waals surface area contributed by atoms with Gasteiger partial charge in [-0.1, -0.05) is 58.3 Å². The van der Waals surface area contributed by atoms with Crippen molar-refractivity contribution in [2.24, 2.45) is 10.9 Å². The lowest BCUT2D eigenvalue weighted by atomic mass is 9.89. The maximum atomic E-state index is 13.6. The maximum Gasteiger partial charge on any atom is 0.441 e. The number of hydrogen-bond acceptors (Lipinski definition) is 6. The van der Waals surface area contributed by atoms with Crippen LogP contribution in [0.3, 0.4) is 0 Å². The third-order valence-electron chi connectivity index (χ3n) is 12.2. The number of nitrogens with one attached hydrogen (secondary N) is 2. The van der Waals surface area contributed by atoms with Crippen LogP contribution in [0.2, 0.25) is 0 Å². The van der Waals surface area contributed by atoms with Crippen molar-refractivity contribution in [3.8, 4) is 0 Å². The second-order valence-electron chi connectivity index (χ2n) is 15.9. The van der Waals surface area contributed by atoms with Gasteiger partial charge >= 0.3 is 11.9 Å². The minimum Gasteiger partial charge on any atom is -0.462 e. The highest BCUT2D eigenvalue weighted by Crippen LogP contribution is 2.40. The number of aliphatic imine (C=N–C) groups is 1. The van der Waals surface area contributed by atoms with E-state index in [-0.39, 0.29) is 30.1 Å². The molecular formula is C37H66N6O2+2. The average Bonchev–Trinajstić information content (AvgIpc) is 3.61. The molecule has 0 spiro atoms. The normalized spacial score (nSPS) is 35.7. The number of esters is 1. The number of guanidine groups is 2. The molecular weight excluding hydrogens is 560 g/mol. The van der Waals surface area contributed by atoms with Gasteiger partial charge in [0, 0.05) is 31.0 Å². The summed E-state index contributed by atoms with van der Waals surface area (Å²) in [5.74, 6) is 2.33. The Labute approximate surface area is 274 Å². The molecule has 0 aromatic rings. The van der Waals surface area contributed by atoms with E-state index in [1.54, 1.807) is 0 Å². The summed E-state index contributed by atoms with van der Waals surface area (Å²) in [7, 11) is 0. The summed E-state index contributed by atoms with van der Waals surface area (Å²) in [5, 5.41) is 10.2. The van der Waals surface area contributed by atoms with Gasteiger partial charge in [0.25, 0.3) is 0 Å². The summed E-state index contributed by atoms with van der Waals surface area (Å²) in [4.78, 5) is 21.1. The molecule has 8 nitrogen and oxygen atoms in total. The molecule has 0 aliphatic carbocycles. The van der Waals surface area contributed by atoms with E-state index in [1.165, 1.54) is 115 Å². The highest BCUT2D eigenvalue weighted by Gasteiger charge is 2.51. The van der Waals surface area contributed by atoms with E-state index in [0.717, 1.165) is 37.3 Å². The Morgan fingerprint density at radius 3 is 2.38 bits per heavy atom. The fourth-order valence-corrected chi connectivity index (χ4v) is 9.98. The first kappa shape index (κ1) is 33.1. The number of hydrogen-bond donors (Lipinski definition) is 3. The number of nitrogens with zero attached hydrogens (tertiary/aromatic N) is 3. The molecule has 6 aliphatic heterocycles. The van der Waals surface area contributed by atoms with Crippen molar-refractivity contribution >= 4 is 17.9 Å². The molecule has 254 valence electrons. The number of quaternary nitrogens is 1. The standard InChI is InChI=1S/C37H64N6O2/c1-5-6-7-8-9-10-13-16-29-24-32-20-21-33-34(27(4)39-37(41-29)43(32)33)35(44)45-26(3)15-12-11-14-17-28-23-31-19-18-30-22-25(2)38-36(40-28)42(30)31/h25-34H,5-24H2,1-4H3,(H2,38,39,40,41)/p+2/t25-,26+,27-,28+,29-,30+,31-,32+,33+,34+/m1/s1. The molecule has 6 heterocycles. The first-order chi connectivity index (χ1) is 21.9. The SMILES string of the molecule is CCCCCCCCC[C@@H]1C[C@@H]2CC[C@H]3[C@@H](C(=O)O[C@@H](C)CCCCC[C@H]4C[C@H]5CC[C@H]6C[C@@H](C)[NH2+]C(=[N+]56)N4)[C@@H](C)N=C(N1)N23. The van der Waals surface area contributed by atoms with Gasteiger partial charge in [-0.2, -0.15) is 0 Å². The first-order valence-corrected chi connectivity index (χ1v) is 19.5. The lowest BCUT2D eigenvalue weighted by molar-refractivity contribution is -0.714. The summed E-state index contributed by atoms with van der Waals surface area (Å²) in [6.07, 6.45) is 25.4. The van der Waals surface area contributed by atoms with Gasteiger partial charge in [0.2, 0.25) is 0 Å². The van der Waals surface area contributed by atoms with Crippen LogP contribution in [0.4, 0.5) is 0 Å². The fraction of sp³-hybridized carbons (Fsp3) is 0.919. The molecule has 8 heteroatoms. The number of rotatable bonds is 16. The van der Waals surface area contributed by atoms with Crippen LogP contribution in [0.25, 0.3) is 0 Å². The molecule has 0 saturated carbocycles. The maximum absolute atomic E-state index is 13.6. The number of carbonyl (C=O) groups excluding carboxylic acids is 1.